The second kappa shape index (κ2) is 8.17. The smallest absolute Gasteiger partial charge is 0.408 e. The zero-order valence-corrected chi connectivity index (χ0v) is 19.3. The first-order valence-electron chi connectivity index (χ1n) is 11.3. The molecule has 0 spiro atoms. The molecule has 1 N–H and O–H groups in total. The molecule has 33 heavy (non-hydrogen) atoms. The number of hydrogen-bond acceptors (Lipinski definition) is 6. The van der Waals surface area contributed by atoms with Gasteiger partial charge in [-0.2, -0.15) is 0 Å². The van der Waals surface area contributed by atoms with Gasteiger partial charge in [0.1, 0.15) is 12.1 Å². The lowest BCUT2D eigenvalue weighted by Crippen LogP contribution is -2.64. The number of esters is 1. The number of carbonyl (C=O) groups is 2. The van der Waals surface area contributed by atoms with Crippen molar-refractivity contribution < 1.29 is 27.5 Å². The molecule has 7 nitrogen and oxygen atoms in total. The summed E-state index contributed by atoms with van der Waals surface area (Å²) in [5.41, 5.74) is 3.04. The van der Waals surface area contributed by atoms with Gasteiger partial charge in [-0.3, -0.25) is 0 Å². The molecule has 2 aromatic rings. The summed E-state index contributed by atoms with van der Waals surface area (Å²) in [5.74, 6) is -0.730. The van der Waals surface area contributed by atoms with Crippen LogP contribution in [-0.4, -0.2) is 50.2 Å². The molecule has 2 unspecified atom stereocenters. The van der Waals surface area contributed by atoms with Gasteiger partial charge in [-0.15, -0.1) is 0 Å². The summed E-state index contributed by atoms with van der Waals surface area (Å²) in [4.78, 5) is 25.7. The average molecular weight is 470 g/mol. The Hall–Kier alpha value is -2.87. The quantitative estimate of drug-likeness (QED) is 0.688. The minimum absolute atomic E-state index is 0.0166. The summed E-state index contributed by atoms with van der Waals surface area (Å²) >= 11 is 0. The van der Waals surface area contributed by atoms with Crippen molar-refractivity contribution >= 4 is 21.9 Å². The summed E-state index contributed by atoms with van der Waals surface area (Å²) in [7, 11) is -2.05. The fourth-order valence-electron chi connectivity index (χ4n) is 5.82. The first-order valence-corrected chi connectivity index (χ1v) is 12.9. The number of amides is 1. The van der Waals surface area contributed by atoms with Crippen molar-refractivity contribution in [2.24, 2.45) is 0 Å². The monoisotopic (exact) mass is 469 g/mol. The Labute approximate surface area is 193 Å². The SMILES string of the molecule is COC(=O)C1(NC(=O)OCC2c3ccccc3-c3ccccc32)CC2CCCC(C1)S2(=O)=O. The van der Waals surface area contributed by atoms with Crippen LogP contribution in [0.1, 0.15) is 49.1 Å². The number of nitrogens with one attached hydrogen (secondary N) is 1. The van der Waals surface area contributed by atoms with E-state index in [1.165, 1.54) is 7.11 Å². The standard InChI is InChI=1S/C25H27NO6S/c1-31-23(27)25(13-16-7-6-8-17(14-25)33(16,29)30)26-24(28)32-15-22-20-11-4-2-9-18(20)19-10-3-5-12-21(19)22/h2-5,9-12,16-17,22H,6-8,13-15H2,1H3,(H,26,28). The van der Waals surface area contributed by atoms with E-state index in [4.69, 9.17) is 9.47 Å². The van der Waals surface area contributed by atoms with E-state index in [0.29, 0.717) is 12.8 Å². The molecule has 0 saturated carbocycles. The number of alkyl carbamates (subject to hydrolysis) is 1. The fourth-order valence-corrected chi connectivity index (χ4v) is 8.38. The van der Waals surface area contributed by atoms with Gasteiger partial charge in [0.25, 0.3) is 0 Å². The highest BCUT2D eigenvalue weighted by molar-refractivity contribution is 7.92. The summed E-state index contributed by atoms with van der Waals surface area (Å²) in [6.45, 7) is 0.113. The Morgan fingerprint density at radius 2 is 1.52 bits per heavy atom. The van der Waals surface area contributed by atoms with Crippen molar-refractivity contribution in [1.82, 2.24) is 5.32 Å². The third kappa shape index (κ3) is 3.60. The lowest BCUT2D eigenvalue weighted by Gasteiger charge is -2.44. The maximum Gasteiger partial charge on any atom is 0.408 e. The van der Waals surface area contributed by atoms with Crippen LogP contribution >= 0.6 is 0 Å². The van der Waals surface area contributed by atoms with E-state index in [-0.39, 0.29) is 25.4 Å². The molecular formula is C25H27NO6S. The summed E-state index contributed by atoms with van der Waals surface area (Å²) in [6, 6.07) is 16.1. The van der Waals surface area contributed by atoms with Crippen molar-refractivity contribution in [3.05, 3.63) is 59.7 Å². The van der Waals surface area contributed by atoms with Crippen molar-refractivity contribution in [2.45, 2.75) is 54.1 Å². The number of fused-ring (bicyclic) bond motifs is 5. The first-order chi connectivity index (χ1) is 15.9. The van der Waals surface area contributed by atoms with Crippen LogP contribution in [0.3, 0.4) is 0 Å². The molecule has 1 amide bonds. The predicted molar refractivity (Wildman–Crippen MR) is 123 cm³/mol. The van der Waals surface area contributed by atoms with Crippen molar-refractivity contribution in [1.29, 1.82) is 0 Å². The molecule has 2 saturated heterocycles. The lowest BCUT2D eigenvalue weighted by molar-refractivity contribution is -0.149. The summed E-state index contributed by atoms with van der Waals surface area (Å²) in [6.07, 6.45) is 1.08. The molecule has 1 aliphatic carbocycles. The highest BCUT2D eigenvalue weighted by Crippen LogP contribution is 2.45. The molecule has 2 atom stereocenters. The molecular weight excluding hydrogens is 442 g/mol. The van der Waals surface area contributed by atoms with Crippen LogP contribution in [0.2, 0.25) is 0 Å². The van der Waals surface area contributed by atoms with E-state index in [0.717, 1.165) is 28.7 Å². The molecule has 2 aliphatic heterocycles. The van der Waals surface area contributed by atoms with Crippen LogP contribution < -0.4 is 5.32 Å². The number of carbonyl (C=O) groups excluding carboxylic acids is 2. The summed E-state index contributed by atoms with van der Waals surface area (Å²) < 4.78 is 36.1. The Morgan fingerprint density at radius 3 is 2.06 bits per heavy atom. The maximum absolute atomic E-state index is 12.9. The largest absolute Gasteiger partial charge is 0.467 e. The zero-order chi connectivity index (χ0) is 23.2. The van der Waals surface area contributed by atoms with E-state index in [2.05, 4.69) is 17.4 Å². The van der Waals surface area contributed by atoms with Crippen molar-refractivity contribution in [3.63, 3.8) is 0 Å². The first kappa shape index (κ1) is 21.9. The Morgan fingerprint density at radius 1 is 0.970 bits per heavy atom. The number of rotatable bonds is 4. The molecule has 5 rings (SSSR count). The van der Waals surface area contributed by atoms with E-state index < -0.39 is 37.9 Å². The molecule has 174 valence electrons. The van der Waals surface area contributed by atoms with Gasteiger partial charge in [-0.1, -0.05) is 55.0 Å². The zero-order valence-electron chi connectivity index (χ0n) is 18.5. The third-order valence-corrected chi connectivity index (χ3v) is 10.1. The van der Waals surface area contributed by atoms with Gasteiger partial charge in [0.2, 0.25) is 0 Å². The number of benzene rings is 2. The number of sulfone groups is 1. The predicted octanol–water partition coefficient (Wildman–Crippen LogP) is 3.57. The minimum Gasteiger partial charge on any atom is -0.467 e. The Kier molecular flexibility index (Phi) is 5.43. The van der Waals surface area contributed by atoms with Crippen LogP contribution in [0.5, 0.6) is 0 Å². The van der Waals surface area contributed by atoms with Gasteiger partial charge in [0, 0.05) is 5.92 Å². The van der Waals surface area contributed by atoms with Gasteiger partial charge in [-0.05, 0) is 47.9 Å². The van der Waals surface area contributed by atoms with Crippen LogP contribution in [0, 0.1) is 0 Å². The van der Waals surface area contributed by atoms with E-state index in [1.807, 2.05) is 36.4 Å². The third-order valence-electron chi connectivity index (χ3n) is 7.39. The van der Waals surface area contributed by atoms with Gasteiger partial charge >= 0.3 is 12.1 Å². The van der Waals surface area contributed by atoms with Gasteiger partial charge < -0.3 is 14.8 Å². The van der Waals surface area contributed by atoms with Crippen molar-refractivity contribution in [2.75, 3.05) is 13.7 Å². The number of methoxy groups -OCH3 is 1. The highest BCUT2D eigenvalue weighted by Gasteiger charge is 2.56. The van der Waals surface area contributed by atoms with Crippen LogP contribution in [-0.2, 0) is 24.1 Å². The van der Waals surface area contributed by atoms with E-state index in [9.17, 15) is 18.0 Å². The molecule has 2 bridgehead atoms. The molecule has 2 heterocycles. The number of hydrogen-bond donors (Lipinski definition) is 1. The lowest BCUT2D eigenvalue weighted by atomic mass is 9.82. The average Bonchev–Trinajstić information content (AvgIpc) is 3.11. The van der Waals surface area contributed by atoms with Crippen molar-refractivity contribution in [3.8, 4) is 11.1 Å². The van der Waals surface area contributed by atoms with Gasteiger partial charge in [0.15, 0.2) is 9.84 Å². The molecule has 2 fully saturated rings. The van der Waals surface area contributed by atoms with Crippen LogP contribution in [0.4, 0.5) is 4.79 Å². The molecule has 0 radical (unpaired) electrons. The van der Waals surface area contributed by atoms with Crippen LogP contribution in [0.15, 0.2) is 48.5 Å². The topological polar surface area (TPSA) is 98.8 Å². The molecule has 8 heteroatoms. The maximum atomic E-state index is 12.9. The van der Waals surface area contributed by atoms with Gasteiger partial charge in [-0.25, -0.2) is 18.0 Å². The molecule has 3 aliphatic rings. The normalized spacial score (nSPS) is 27.2. The second-order valence-electron chi connectivity index (χ2n) is 9.20. The second-order valence-corrected chi connectivity index (χ2v) is 11.7. The molecule has 0 aromatic heterocycles. The Balaban J connectivity index is 1.35. The fraction of sp³-hybridized carbons (Fsp3) is 0.440. The minimum atomic E-state index is -3.31. The highest BCUT2D eigenvalue weighted by atomic mass is 32.2. The van der Waals surface area contributed by atoms with Gasteiger partial charge in [0.05, 0.1) is 17.6 Å². The number of ether oxygens (including phenoxy) is 2. The Bertz CT molecular complexity index is 1140. The summed E-state index contributed by atoms with van der Waals surface area (Å²) in [5, 5.41) is 1.41. The van der Waals surface area contributed by atoms with Crippen LogP contribution in [0.25, 0.3) is 11.1 Å². The van der Waals surface area contributed by atoms with E-state index in [1.54, 1.807) is 0 Å². The molecule has 2 aromatic carbocycles. The van der Waals surface area contributed by atoms with E-state index >= 15 is 0 Å².